The van der Waals surface area contributed by atoms with Crippen LogP contribution < -0.4 is 16.0 Å². The van der Waals surface area contributed by atoms with Gasteiger partial charge in [-0.05, 0) is 26.0 Å². The van der Waals surface area contributed by atoms with Crippen LogP contribution in [0.3, 0.4) is 0 Å². The standard InChI is InChI=1S/C20H20N6O2S/c1-12-13(2)28-18-16(12)17(23-11-24-18)21-9-8-15-10-22-20(29-15)26-19(27)25-14-6-4-3-5-7-14/h3-7,10-11H,8-9H2,1-2H3,(H,21,23,24)(H2,22,25,26,27). The number of hydrogen-bond acceptors (Lipinski definition) is 7. The van der Waals surface area contributed by atoms with Gasteiger partial charge in [-0.25, -0.2) is 19.7 Å². The highest BCUT2D eigenvalue weighted by molar-refractivity contribution is 7.15. The van der Waals surface area contributed by atoms with Gasteiger partial charge in [0.15, 0.2) is 5.13 Å². The third-order valence-electron chi connectivity index (χ3n) is 4.43. The lowest BCUT2D eigenvalue weighted by Crippen LogP contribution is -2.19. The van der Waals surface area contributed by atoms with Gasteiger partial charge in [0.25, 0.3) is 0 Å². The molecule has 9 heteroatoms. The predicted octanol–water partition coefficient (Wildman–Crippen LogP) is 4.59. The number of carbonyl (C=O) groups excluding carboxylic acids is 1. The van der Waals surface area contributed by atoms with Crippen molar-refractivity contribution >= 4 is 45.1 Å². The van der Waals surface area contributed by atoms with E-state index in [9.17, 15) is 4.79 Å². The lowest BCUT2D eigenvalue weighted by atomic mass is 10.2. The van der Waals surface area contributed by atoms with Crippen molar-refractivity contribution in [3.05, 3.63) is 59.1 Å². The molecule has 0 bridgehead atoms. The fourth-order valence-electron chi connectivity index (χ4n) is 2.88. The number of benzene rings is 1. The topological polar surface area (TPSA) is 105 Å². The largest absolute Gasteiger partial charge is 0.443 e. The van der Waals surface area contributed by atoms with E-state index in [2.05, 4.69) is 30.9 Å². The molecule has 29 heavy (non-hydrogen) atoms. The van der Waals surface area contributed by atoms with Crippen molar-refractivity contribution in [2.24, 2.45) is 0 Å². The van der Waals surface area contributed by atoms with Crippen LogP contribution in [0.1, 0.15) is 16.2 Å². The molecular weight excluding hydrogens is 388 g/mol. The molecule has 4 aromatic rings. The number of aryl methyl sites for hydroxylation is 2. The maximum atomic E-state index is 12.1. The maximum Gasteiger partial charge on any atom is 0.325 e. The second kappa shape index (κ2) is 8.27. The van der Waals surface area contributed by atoms with Crippen LogP contribution in [0.4, 0.5) is 21.4 Å². The van der Waals surface area contributed by atoms with E-state index >= 15 is 0 Å². The maximum absolute atomic E-state index is 12.1. The molecule has 3 aromatic heterocycles. The van der Waals surface area contributed by atoms with Crippen LogP contribution in [0.2, 0.25) is 0 Å². The normalized spacial score (nSPS) is 10.8. The van der Waals surface area contributed by atoms with E-state index in [1.807, 2.05) is 44.2 Å². The summed E-state index contributed by atoms with van der Waals surface area (Å²) in [4.78, 5) is 25.9. The van der Waals surface area contributed by atoms with Crippen molar-refractivity contribution in [2.75, 3.05) is 22.5 Å². The number of carbonyl (C=O) groups is 1. The number of thiazole rings is 1. The molecular formula is C20H20N6O2S. The van der Waals surface area contributed by atoms with Gasteiger partial charge in [0, 0.05) is 35.3 Å². The molecule has 0 aliphatic carbocycles. The second-order valence-electron chi connectivity index (χ2n) is 6.44. The third-order valence-corrected chi connectivity index (χ3v) is 5.41. The highest BCUT2D eigenvalue weighted by Crippen LogP contribution is 2.28. The van der Waals surface area contributed by atoms with Crippen molar-refractivity contribution in [3.8, 4) is 0 Å². The lowest BCUT2D eigenvalue weighted by Gasteiger charge is -2.05. The Kier molecular flexibility index (Phi) is 5.39. The Bertz CT molecular complexity index is 1140. The summed E-state index contributed by atoms with van der Waals surface area (Å²) >= 11 is 1.44. The Morgan fingerprint density at radius 3 is 2.76 bits per heavy atom. The average molecular weight is 408 g/mol. The molecule has 4 rings (SSSR count). The van der Waals surface area contributed by atoms with Gasteiger partial charge in [-0.1, -0.05) is 18.2 Å². The second-order valence-corrected chi connectivity index (χ2v) is 7.55. The minimum absolute atomic E-state index is 0.315. The summed E-state index contributed by atoms with van der Waals surface area (Å²) in [7, 11) is 0. The Labute approximate surface area is 171 Å². The summed E-state index contributed by atoms with van der Waals surface area (Å²) in [6.45, 7) is 4.59. The molecule has 3 N–H and O–H groups in total. The van der Waals surface area contributed by atoms with Crippen molar-refractivity contribution in [1.82, 2.24) is 15.0 Å². The third kappa shape index (κ3) is 4.35. The first-order chi connectivity index (χ1) is 14.1. The SMILES string of the molecule is Cc1oc2ncnc(NCCc3cnc(NC(=O)Nc4ccccc4)s3)c2c1C. The molecule has 1 aromatic carbocycles. The zero-order valence-electron chi connectivity index (χ0n) is 16.0. The number of hydrogen-bond donors (Lipinski definition) is 3. The molecule has 3 heterocycles. The molecule has 0 fully saturated rings. The van der Waals surface area contributed by atoms with Gasteiger partial charge in [-0.15, -0.1) is 11.3 Å². The first-order valence-electron chi connectivity index (χ1n) is 9.12. The number of nitrogens with zero attached hydrogens (tertiary/aromatic N) is 3. The number of fused-ring (bicyclic) bond motifs is 1. The molecule has 0 radical (unpaired) electrons. The number of rotatable bonds is 6. The van der Waals surface area contributed by atoms with Crippen LogP contribution in [0.15, 0.2) is 47.3 Å². The number of amides is 2. The van der Waals surface area contributed by atoms with E-state index in [0.29, 0.717) is 17.4 Å². The summed E-state index contributed by atoms with van der Waals surface area (Å²) in [5.41, 5.74) is 2.36. The molecule has 0 aliphatic rings. The number of furan rings is 1. The number of aromatic nitrogens is 3. The van der Waals surface area contributed by atoms with Gasteiger partial charge in [-0.2, -0.15) is 0 Å². The molecule has 0 saturated heterocycles. The van der Waals surface area contributed by atoms with Gasteiger partial charge in [0.2, 0.25) is 5.71 Å². The quantitative estimate of drug-likeness (QED) is 0.431. The Balaban J connectivity index is 1.33. The van der Waals surface area contributed by atoms with E-state index in [1.54, 1.807) is 6.20 Å². The van der Waals surface area contributed by atoms with Gasteiger partial charge in [0.1, 0.15) is 17.9 Å². The smallest absolute Gasteiger partial charge is 0.325 e. The molecule has 0 spiro atoms. The minimum Gasteiger partial charge on any atom is -0.443 e. The van der Waals surface area contributed by atoms with Crippen molar-refractivity contribution in [3.63, 3.8) is 0 Å². The van der Waals surface area contributed by atoms with E-state index < -0.39 is 0 Å². The fraction of sp³-hybridized carbons (Fsp3) is 0.200. The van der Waals surface area contributed by atoms with E-state index in [-0.39, 0.29) is 6.03 Å². The summed E-state index contributed by atoms with van der Waals surface area (Å²) in [6, 6.07) is 8.96. The number of nitrogens with one attached hydrogen (secondary N) is 3. The highest BCUT2D eigenvalue weighted by Gasteiger charge is 2.13. The molecule has 0 aliphatic heterocycles. The highest BCUT2D eigenvalue weighted by atomic mass is 32.1. The summed E-state index contributed by atoms with van der Waals surface area (Å²) in [5.74, 6) is 1.60. The number of anilines is 3. The van der Waals surface area contributed by atoms with Crippen LogP contribution in [0, 0.1) is 13.8 Å². The fourth-order valence-corrected chi connectivity index (χ4v) is 3.69. The van der Waals surface area contributed by atoms with Crippen molar-refractivity contribution in [2.45, 2.75) is 20.3 Å². The van der Waals surface area contributed by atoms with Gasteiger partial charge < -0.3 is 15.1 Å². The molecule has 2 amide bonds. The average Bonchev–Trinajstić information content (AvgIpc) is 3.27. The van der Waals surface area contributed by atoms with Crippen LogP contribution in [0.25, 0.3) is 11.1 Å². The summed E-state index contributed by atoms with van der Waals surface area (Å²) < 4.78 is 5.64. The van der Waals surface area contributed by atoms with E-state index in [4.69, 9.17) is 4.42 Å². The Morgan fingerprint density at radius 2 is 1.93 bits per heavy atom. The van der Waals surface area contributed by atoms with Gasteiger partial charge in [-0.3, -0.25) is 5.32 Å². The Morgan fingerprint density at radius 1 is 1.10 bits per heavy atom. The summed E-state index contributed by atoms with van der Waals surface area (Å²) in [5, 5.41) is 10.3. The van der Waals surface area contributed by atoms with Crippen molar-refractivity contribution < 1.29 is 9.21 Å². The molecule has 0 unspecified atom stereocenters. The number of urea groups is 1. The zero-order valence-corrected chi connectivity index (χ0v) is 16.8. The Hall–Kier alpha value is -3.46. The first-order valence-corrected chi connectivity index (χ1v) is 9.94. The molecule has 8 nitrogen and oxygen atoms in total. The summed E-state index contributed by atoms with van der Waals surface area (Å²) in [6.07, 6.45) is 4.02. The van der Waals surface area contributed by atoms with Crippen LogP contribution in [0.5, 0.6) is 0 Å². The van der Waals surface area contributed by atoms with Crippen LogP contribution in [-0.4, -0.2) is 27.5 Å². The predicted molar refractivity (Wildman–Crippen MR) is 115 cm³/mol. The van der Waals surface area contributed by atoms with Crippen LogP contribution >= 0.6 is 11.3 Å². The zero-order chi connectivity index (χ0) is 20.2. The van der Waals surface area contributed by atoms with Gasteiger partial charge >= 0.3 is 6.03 Å². The van der Waals surface area contributed by atoms with Crippen molar-refractivity contribution in [1.29, 1.82) is 0 Å². The lowest BCUT2D eigenvalue weighted by molar-refractivity contribution is 0.262. The molecule has 0 atom stereocenters. The minimum atomic E-state index is -0.315. The molecule has 148 valence electrons. The van der Waals surface area contributed by atoms with E-state index in [1.165, 1.54) is 17.7 Å². The monoisotopic (exact) mass is 408 g/mol. The molecule has 0 saturated carbocycles. The van der Waals surface area contributed by atoms with Gasteiger partial charge in [0.05, 0.1) is 5.39 Å². The first kappa shape index (κ1) is 18.9. The van der Waals surface area contributed by atoms with E-state index in [0.717, 1.165) is 39.5 Å². The van der Waals surface area contributed by atoms with Crippen LogP contribution in [-0.2, 0) is 6.42 Å². The number of para-hydroxylation sites is 1.